The van der Waals surface area contributed by atoms with Gasteiger partial charge in [-0.1, -0.05) is 17.4 Å². The predicted molar refractivity (Wildman–Crippen MR) is 88.4 cm³/mol. The molecule has 4 heterocycles. The van der Waals surface area contributed by atoms with E-state index in [1.807, 2.05) is 11.0 Å². The topological polar surface area (TPSA) is 80.1 Å². The Hall–Kier alpha value is -2.43. The summed E-state index contributed by atoms with van der Waals surface area (Å²) in [4.78, 5) is 25.0. The molecule has 4 rings (SSSR count). The van der Waals surface area contributed by atoms with Gasteiger partial charge in [-0.25, -0.2) is 0 Å². The van der Waals surface area contributed by atoms with Crippen LogP contribution in [-0.2, 0) is 11.3 Å². The summed E-state index contributed by atoms with van der Waals surface area (Å²) in [6.45, 7) is 1.85. The molecule has 1 amide bonds. The Balaban J connectivity index is 1.53. The van der Waals surface area contributed by atoms with Crippen LogP contribution in [0.5, 0.6) is 0 Å². The number of piperidine rings is 1. The van der Waals surface area contributed by atoms with E-state index in [0.717, 1.165) is 23.5 Å². The van der Waals surface area contributed by atoms with Crippen LogP contribution in [0.2, 0.25) is 0 Å². The van der Waals surface area contributed by atoms with Crippen LogP contribution >= 0.6 is 11.3 Å². The van der Waals surface area contributed by atoms with Crippen LogP contribution in [0.15, 0.2) is 23.0 Å². The molecule has 0 radical (unpaired) electrons. The second kappa shape index (κ2) is 6.08. The van der Waals surface area contributed by atoms with Crippen LogP contribution in [0.4, 0.5) is 23.4 Å². The minimum absolute atomic E-state index is 0.0151. The van der Waals surface area contributed by atoms with Gasteiger partial charge in [0.25, 0.3) is 5.56 Å². The zero-order valence-corrected chi connectivity index (χ0v) is 14.2. The summed E-state index contributed by atoms with van der Waals surface area (Å²) in [7, 11) is 0. The number of aromatic nitrogens is 3. The van der Waals surface area contributed by atoms with E-state index < -0.39 is 12.1 Å². The molecule has 2 atom stereocenters. The highest BCUT2D eigenvalue weighted by atomic mass is 32.1. The molecule has 2 aromatic heterocycles. The number of fused-ring (bicyclic) bond motifs is 4. The third-order valence-corrected chi connectivity index (χ3v) is 5.54. The second-order valence-corrected chi connectivity index (χ2v) is 7.40. The third-order valence-electron chi connectivity index (χ3n) is 4.64. The Morgan fingerprint density at radius 3 is 2.81 bits per heavy atom. The number of rotatable bonds is 2. The highest BCUT2D eigenvalue weighted by Gasteiger charge is 2.40. The first kappa shape index (κ1) is 17.0. The molecule has 2 aromatic rings. The van der Waals surface area contributed by atoms with Crippen molar-refractivity contribution >= 4 is 27.5 Å². The Morgan fingerprint density at radius 2 is 2.04 bits per heavy atom. The van der Waals surface area contributed by atoms with E-state index in [-0.39, 0.29) is 22.5 Å². The first-order valence-corrected chi connectivity index (χ1v) is 8.79. The lowest BCUT2D eigenvalue weighted by molar-refractivity contribution is -0.167. The summed E-state index contributed by atoms with van der Waals surface area (Å²) in [5.41, 5.74) is 0.951. The van der Waals surface area contributed by atoms with Gasteiger partial charge in [0.05, 0.1) is 0 Å². The normalized spacial score (nSPS) is 22.0. The predicted octanol–water partition coefficient (Wildman–Crippen LogP) is 1.82. The van der Waals surface area contributed by atoms with Gasteiger partial charge in [-0.2, -0.15) is 13.2 Å². The minimum atomic E-state index is -4.97. The molecule has 2 aliphatic rings. The van der Waals surface area contributed by atoms with Crippen molar-refractivity contribution in [3.8, 4) is 0 Å². The first-order valence-electron chi connectivity index (χ1n) is 7.97. The highest BCUT2D eigenvalue weighted by Crippen LogP contribution is 2.38. The van der Waals surface area contributed by atoms with Crippen LogP contribution in [0, 0.1) is 5.92 Å². The number of halogens is 3. The zero-order chi connectivity index (χ0) is 18.5. The number of carbonyl (C=O) groups is 1. The van der Waals surface area contributed by atoms with Crippen LogP contribution in [-0.4, -0.2) is 39.9 Å². The van der Waals surface area contributed by atoms with Gasteiger partial charge < -0.3 is 9.47 Å². The fourth-order valence-corrected chi connectivity index (χ4v) is 4.37. The molecule has 11 heteroatoms. The molecule has 7 nitrogen and oxygen atoms in total. The van der Waals surface area contributed by atoms with Crippen molar-refractivity contribution in [3.05, 3.63) is 34.2 Å². The van der Waals surface area contributed by atoms with Gasteiger partial charge in [0.2, 0.25) is 10.3 Å². The summed E-state index contributed by atoms with van der Waals surface area (Å²) in [5.74, 6) is -1.67. The summed E-state index contributed by atoms with van der Waals surface area (Å²) < 4.78 is 38.8. The molecular weight excluding hydrogens is 371 g/mol. The van der Waals surface area contributed by atoms with E-state index in [4.69, 9.17) is 0 Å². The van der Waals surface area contributed by atoms with Crippen molar-refractivity contribution in [2.24, 2.45) is 5.92 Å². The summed E-state index contributed by atoms with van der Waals surface area (Å²) >= 11 is 0.910. The maximum atomic E-state index is 12.3. The average Bonchev–Trinajstić information content (AvgIpc) is 3.03. The molecule has 138 valence electrons. The molecule has 1 N–H and O–H groups in total. The first-order chi connectivity index (χ1) is 12.3. The lowest BCUT2D eigenvalue weighted by atomic mass is 9.83. The van der Waals surface area contributed by atoms with Gasteiger partial charge in [0, 0.05) is 37.3 Å². The fraction of sp³-hybridized carbons (Fsp3) is 0.467. The quantitative estimate of drug-likeness (QED) is 0.853. The maximum Gasteiger partial charge on any atom is 0.471 e. The number of hydrogen-bond donors (Lipinski definition) is 1. The molecule has 26 heavy (non-hydrogen) atoms. The monoisotopic (exact) mass is 385 g/mol. The highest BCUT2D eigenvalue weighted by molar-refractivity contribution is 7.19. The average molecular weight is 385 g/mol. The third kappa shape index (κ3) is 3.06. The Bertz CT molecular complexity index is 909. The van der Waals surface area contributed by atoms with Crippen molar-refractivity contribution in [1.29, 1.82) is 0 Å². The number of hydrogen-bond acceptors (Lipinski definition) is 6. The Morgan fingerprint density at radius 1 is 1.23 bits per heavy atom. The molecule has 1 fully saturated rings. The minimum Gasteiger partial charge on any atom is -0.346 e. The summed E-state index contributed by atoms with van der Waals surface area (Å²) in [6, 6.07) is 5.21. The van der Waals surface area contributed by atoms with E-state index in [0.29, 0.717) is 24.8 Å². The largest absolute Gasteiger partial charge is 0.471 e. The second-order valence-electron chi connectivity index (χ2n) is 6.44. The SMILES string of the molecule is O=C(Nc1nnc(N2C[C@H]3C[C@@H](C2)c2cccc(=O)n2C3)s1)C(F)(F)F. The van der Waals surface area contributed by atoms with Crippen molar-refractivity contribution in [1.82, 2.24) is 14.8 Å². The summed E-state index contributed by atoms with van der Waals surface area (Å²) in [6.07, 6.45) is -4.01. The lowest BCUT2D eigenvalue weighted by Crippen LogP contribution is -2.47. The van der Waals surface area contributed by atoms with Gasteiger partial charge in [-0.15, -0.1) is 10.2 Å². The summed E-state index contributed by atoms with van der Waals surface area (Å²) in [5, 5.41) is 9.56. The lowest BCUT2D eigenvalue weighted by Gasteiger charge is -2.42. The van der Waals surface area contributed by atoms with E-state index in [9.17, 15) is 22.8 Å². The van der Waals surface area contributed by atoms with Crippen LogP contribution in [0.25, 0.3) is 0 Å². The molecule has 0 aliphatic carbocycles. The number of nitrogens with one attached hydrogen (secondary N) is 1. The van der Waals surface area contributed by atoms with Gasteiger partial charge >= 0.3 is 12.1 Å². The van der Waals surface area contributed by atoms with Crippen molar-refractivity contribution in [3.63, 3.8) is 0 Å². The molecule has 2 bridgehead atoms. The van der Waals surface area contributed by atoms with Crippen molar-refractivity contribution in [2.45, 2.75) is 25.1 Å². The molecule has 1 saturated heterocycles. The van der Waals surface area contributed by atoms with E-state index in [1.165, 1.54) is 0 Å². The number of alkyl halides is 3. The standard InChI is InChI=1S/C15H14F3N5O2S/c16-15(17,18)12(25)19-13-20-21-14(26-13)22-5-8-4-9(7-22)10-2-1-3-11(24)23(10)6-8/h1-3,8-9H,4-7H2,(H,19,20,25)/t8-,9+/m1/s1. The van der Waals surface area contributed by atoms with Gasteiger partial charge in [-0.05, 0) is 18.4 Å². The number of carbonyl (C=O) groups excluding carboxylic acids is 1. The Kier molecular flexibility index (Phi) is 3.98. The zero-order valence-electron chi connectivity index (χ0n) is 13.4. The molecule has 0 saturated carbocycles. The maximum absolute atomic E-state index is 12.3. The van der Waals surface area contributed by atoms with Gasteiger partial charge in [0.1, 0.15) is 0 Å². The molecule has 2 aliphatic heterocycles. The smallest absolute Gasteiger partial charge is 0.346 e. The molecule has 0 aromatic carbocycles. The number of amides is 1. The molecule has 0 unspecified atom stereocenters. The van der Waals surface area contributed by atoms with E-state index in [1.54, 1.807) is 22.0 Å². The van der Waals surface area contributed by atoms with Crippen LogP contribution in [0.3, 0.4) is 0 Å². The molecular formula is C15H14F3N5O2S. The van der Waals surface area contributed by atoms with Crippen molar-refractivity contribution < 1.29 is 18.0 Å². The van der Waals surface area contributed by atoms with E-state index in [2.05, 4.69) is 10.2 Å². The Labute approximate surface area is 149 Å². The molecule has 0 spiro atoms. The number of anilines is 2. The van der Waals surface area contributed by atoms with Gasteiger partial charge in [-0.3, -0.25) is 14.9 Å². The van der Waals surface area contributed by atoms with Crippen LogP contribution < -0.4 is 15.8 Å². The number of nitrogens with zero attached hydrogens (tertiary/aromatic N) is 4. The fourth-order valence-electron chi connectivity index (χ4n) is 3.61. The van der Waals surface area contributed by atoms with E-state index >= 15 is 0 Å². The van der Waals surface area contributed by atoms with Crippen LogP contribution in [0.1, 0.15) is 18.0 Å². The van der Waals surface area contributed by atoms with Gasteiger partial charge in [0.15, 0.2) is 0 Å². The number of pyridine rings is 1. The van der Waals surface area contributed by atoms with Crippen molar-refractivity contribution in [2.75, 3.05) is 23.3 Å².